The van der Waals surface area contributed by atoms with E-state index in [4.69, 9.17) is 19.7 Å². The number of hydrogen-bond donors (Lipinski definition) is 2. The molecule has 0 saturated heterocycles. The number of esters is 2. The van der Waals surface area contributed by atoms with E-state index in [0.717, 1.165) is 51.4 Å². The first kappa shape index (κ1) is 33.8. The molecule has 0 aliphatic rings. The van der Waals surface area contributed by atoms with Crippen molar-refractivity contribution in [2.24, 2.45) is 0 Å². The summed E-state index contributed by atoms with van der Waals surface area (Å²) >= 11 is 0. The van der Waals surface area contributed by atoms with Gasteiger partial charge < -0.3 is 28.7 Å². The highest BCUT2D eigenvalue weighted by molar-refractivity contribution is 5.72. The maximum absolute atomic E-state index is 12.1. The summed E-state index contributed by atoms with van der Waals surface area (Å²) in [6, 6.07) is 0. The summed E-state index contributed by atoms with van der Waals surface area (Å²) in [5, 5.41) is 18.1. The molecule has 2 N–H and O–H groups in total. The molecule has 0 aromatic rings. The van der Waals surface area contributed by atoms with Gasteiger partial charge in [0.05, 0.1) is 55.1 Å². The fourth-order valence-corrected chi connectivity index (χ4v) is 3.99. The first-order valence-electron chi connectivity index (χ1n) is 13.0. The van der Waals surface area contributed by atoms with Crippen molar-refractivity contribution < 1.29 is 47.8 Å². The van der Waals surface area contributed by atoms with Crippen molar-refractivity contribution in [1.29, 1.82) is 0 Å². The van der Waals surface area contributed by atoms with Crippen LogP contribution in [-0.2, 0) is 28.7 Å². The second kappa shape index (κ2) is 17.3. The highest BCUT2D eigenvalue weighted by Crippen LogP contribution is 2.14. The van der Waals surface area contributed by atoms with Crippen LogP contribution in [0.15, 0.2) is 0 Å². The first-order valence-corrected chi connectivity index (χ1v) is 13.0. The lowest BCUT2D eigenvalue weighted by Crippen LogP contribution is -2.43. The molecular weight excluding hydrogens is 468 g/mol. The number of carbonyl (C=O) groups is 4. The van der Waals surface area contributed by atoms with Gasteiger partial charge in [-0.15, -0.1) is 0 Å². The zero-order chi connectivity index (χ0) is 27.8. The van der Waals surface area contributed by atoms with E-state index in [-0.39, 0.29) is 24.8 Å². The fourth-order valence-electron chi connectivity index (χ4n) is 3.99. The Kier molecular flexibility index (Phi) is 16.2. The van der Waals surface area contributed by atoms with Gasteiger partial charge in [0, 0.05) is 12.8 Å². The molecule has 10 heteroatoms. The molecule has 0 rings (SSSR count). The molecule has 0 saturated carbocycles. The summed E-state index contributed by atoms with van der Waals surface area (Å²) in [5.41, 5.74) is 0. The van der Waals surface area contributed by atoms with Gasteiger partial charge in [0.1, 0.15) is 13.1 Å². The van der Waals surface area contributed by atoms with E-state index >= 15 is 0 Å². The fraction of sp³-hybridized carbons (Fsp3) is 0.846. The molecule has 0 amide bonds. The lowest BCUT2D eigenvalue weighted by atomic mass is 10.1. The summed E-state index contributed by atoms with van der Waals surface area (Å²) in [6.07, 6.45) is 6.38. The summed E-state index contributed by atoms with van der Waals surface area (Å²) in [6.45, 7) is 0.907. The van der Waals surface area contributed by atoms with E-state index in [9.17, 15) is 19.2 Å². The normalized spacial score (nSPS) is 13.6. The van der Waals surface area contributed by atoms with Crippen molar-refractivity contribution in [1.82, 2.24) is 0 Å². The van der Waals surface area contributed by atoms with Gasteiger partial charge in [0.2, 0.25) is 0 Å². The Hall–Kier alpha value is -2.20. The minimum absolute atomic E-state index is 0.182. The molecule has 0 radical (unpaired) electrons. The number of carboxylic acid groups (broad SMARTS) is 2. The van der Waals surface area contributed by atoms with Crippen LogP contribution in [0, 0.1) is 0 Å². The second-order valence-corrected chi connectivity index (χ2v) is 11.7. The quantitative estimate of drug-likeness (QED) is 0.135. The molecule has 0 aromatic carbocycles. The minimum Gasteiger partial charge on any atom is -0.481 e. The van der Waals surface area contributed by atoms with Crippen molar-refractivity contribution >= 4 is 23.9 Å². The lowest BCUT2D eigenvalue weighted by Gasteiger charge is -2.28. The Morgan fingerprint density at radius 1 is 0.556 bits per heavy atom. The Morgan fingerprint density at radius 3 is 1.08 bits per heavy atom. The van der Waals surface area contributed by atoms with Gasteiger partial charge in [0.25, 0.3) is 0 Å². The molecule has 0 bridgehead atoms. The third-order valence-corrected chi connectivity index (χ3v) is 5.42. The molecule has 2 atom stereocenters. The average molecular weight is 519 g/mol. The Morgan fingerprint density at radius 2 is 0.833 bits per heavy atom. The van der Waals surface area contributed by atoms with E-state index in [0.29, 0.717) is 34.9 Å². The summed E-state index contributed by atoms with van der Waals surface area (Å²) in [5.74, 6) is -2.62. The Balaban J connectivity index is 3.93. The smallest absolute Gasteiger partial charge is 0.307 e. The van der Waals surface area contributed by atoms with Crippen LogP contribution >= 0.6 is 0 Å². The molecule has 0 heterocycles. The van der Waals surface area contributed by atoms with Crippen LogP contribution in [0.1, 0.15) is 77.0 Å². The predicted molar refractivity (Wildman–Crippen MR) is 136 cm³/mol. The first-order chi connectivity index (χ1) is 16.6. The van der Waals surface area contributed by atoms with Crippen molar-refractivity contribution in [3.63, 3.8) is 0 Å². The van der Waals surface area contributed by atoms with E-state index in [1.54, 1.807) is 0 Å². The van der Waals surface area contributed by atoms with Crippen molar-refractivity contribution in [2.75, 3.05) is 55.4 Å². The lowest BCUT2D eigenvalue weighted by molar-refractivity contribution is -0.873. The molecular formula is C26H50N2O8+2. The van der Waals surface area contributed by atoms with Crippen molar-refractivity contribution in [3.05, 3.63) is 0 Å². The van der Waals surface area contributed by atoms with Gasteiger partial charge in [-0.2, -0.15) is 0 Å². The second-order valence-electron chi connectivity index (χ2n) is 11.7. The van der Waals surface area contributed by atoms with Gasteiger partial charge in [-0.3, -0.25) is 19.2 Å². The molecule has 10 nitrogen and oxygen atoms in total. The van der Waals surface area contributed by atoms with E-state index in [1.165, 1.54) is 0 Å². The van der Waals surface area contributed by atoms with Crippen LogP contribution in [0.4, 0.5) is 0 Å². The molecule has 36 heavy (non-hydrogen) atoms. The van der Waals surface area contributed by atoms with Gasteiger partial charge >= 0.3 is 23.9 Å². The SMILES string of the molecule is C[N+](C)(C)CC(CC(=O)O)OC(=O)CCCCCCCCCCC(=O)OC(CC(=O)O)C[N+](C)(C)C. The third-order valence-electron chi connectivity index (χ3n) is 5.42. The topological polar surface area (TPSA) is 127 Å². The maximum atomic E-state index is 12.1. The number of quaternary nitrogens is 2. The van der Waals surface area contributed by atoms with Crippen LogP contribution < -0.4 is 0 Å². The van der Waals surface area contributed by atoms with Crippen LogP contribution in [-0.4, -0.2) is 111 Å². The third kappa shape index (κ3) is 22.3. The predicted octanol–water partition coefficient (Wildman–Crippen LogP) is 3.07. The zero-order valence-corrected chi connectivity index (χ0v) is 23.3. The van der Waals surface area contributed by atoms with Crippen LogP contribution in [0.5, 0.6) is 0 Å². The van der Waals surface area contributed by atoms with Crippen molar-refractivity contribution in [2.45, 2.75) is 89.3 Å². The monoisotopic (exact) mass is 518 g/mol. The molecule has 0 fully saturated rings. The number of carboxylic acids is 2. The number of hydrogen-bond acceptors (Lipinski definition) is 6. The maximum Gasteiger partial charge on any atom is 0.307 e. The zero-order valence-electron chi connectivity index (χ0n) is 23.3. The van der Waals surface area contributed by atoms with E-state index in [1.807, 2.05) is 42.3 Å². The number of likely N-dealkylation sites (N-methyl/N-ethyl adjacent to an activating group) is 2. The number of unbranched alkanes of at least 4 members (excludes halogenated alkanes) is 7. The largest absolute Gasteiger partial charge is 0.481 e. The summed E-state index contributed by atoms with van der Waals surface area (Å²) in [4.78, 5) is 46.2. The molecule has 210 valence electrons. The molecule has 0 spiro atoms. The number of ether oxygens (including phenoxy) is 2. The van der Waals surface area contributed by atoms with Crippen molar-refractivity contribution in [3.8, 4) is 0 Å². The van der Waals surface area contributed by atoms with Crippen LogP contribution in [0.3, 0.4) is 0 Å². The molecule has 0 aromatic heterocycles. The van der Waals surface area contributed by atoms with Crippen LogP contribution in [0.2, 0.25) is 0 Å². The minimum atomic E-state index is -0.972. The van der Waals surface area contributed by atoms with Gasteiger partial charge in [-0.25, -0.2) is 0 Å². The highest BCUT2D eigenvalue weighted by atomic mass is 16.5. The number of carbonyl (C=O) groups excluding carboxylic acids is 2. The summed E-state index contributed by atoms with van der Waals surface area (Å²) < 4.78 is 11.8. The Bertz CT molecular complexity index is 624. The van der Waals surface area contributed by atoms with E-state index in [2.05, 4.69) is 0 Å². The van der Waals surface area contributed by atoms with E-state index < -0.39 is 24.1 Å². The number of nitrogens with zero attached hydrogens (tertiary/aromatic N) is 2. The molecule has 0 aliphatic heterocycles. The Labute approximate surface area is 216 Å². The van der Waals surface area contributed by atoms with Gasteiger partial charge in [-0.05, 0) is 12.8 Å². The number of rotatable bonds is 21. The van der Waals surface area contributed by atoms with Crippen LogP contribution in [0.25, 0.3) is 0 Å². The number of aliphatic carboxylic acids is 2. The summed E-state index contributed by atoms with van der Waals surface area (Å²) in [7, 11) is 11.6. The average Bonchev–Trinajstić information content (AvgIpc) is 2.65. The molecule has 0 aliphatic carbocycles. The van der Waals surface area contributed by atoms with Gasteiger partial charge in [0.15, 0.2) is 12.2 Å². The standard InChI is InChI=1S/C26H48N2O8/c1-27(2,3)19-21(17-23(29)30)35-25(33)15-13-11-9-7-8-10-12-14-16-26(34)36-22(18-24(31)32)20-28(4,5)6/h21-22H,7-20H2,1-6H3/p+2. The van der Waals surface area contributed by atoms with Gasteiger partial charge in [-0.1, -0.05) is 38.5 Å². The molecule has 2 unspecified atom stereocenters. The highest BCUT2D eigenvalue weighted by Gasteiger charge is 2.25.